The van der Waals surface area contributed by atoms with Gasteiger partial charge in [-0.15, -0.1) is 58.8 Å². The SMILES string of the molecule is CC(C)(C)OC[C@H]1O[C@@H](n2ccc(N(C(C)(C)C)C(C)(C)C)nc2=O)CS1.CC(C)COC[C@H]1O[C@@H](n2ccc(N(CC(C)C)CC(C)C)nc2=O)CS1.CC(C)OC[C@H]1O[C@@H](n2ccc(N(C(C)C)C(C)C)nc2=O)CS1.CCCCOC[C@H]1O[C@@H](n2ccc(N(CCCC)CCCC)nc2=O)CS1.CCCOC[C@H]1O[C@@H](n2ccc(N(CCC)CCC)nc2=O)CS1. The second kappa shape index (κ2) is 56.9. The number of unbranched alkanes of at least 4 members (excludes halogenated alkanes) is 3. The highest BCUT2D eigenvalue weighted by Crippen LogP contribution is 2.38. The molecule has 10 atom stereocenters. The fraction of sp³-hybridized carbons (Fsp3) is 0.787. The number of anilines is 5. The Kier molecular flexibility index (Phi) is 49.7. The molecule has 5 saturated heterocycles. The largest absolute Gasteiger partial charge is 0.378 e. The fourth-order valence-electron chi connectivity index (χ4n) is 14.9. The third-order valence-corrected chi connectivity index (χ3v) is 25.8. The summed E-state index contributed by atoms with van der Waals surface area (Å²) in [6.45, 7) is 67.5. The summed E-state index contributed by atoms with van der Waals surface area (Å²) in [5.74, 6) is 8.88. The van der Waals surface area contributed by atoms with Gasteiger partial charge in [0.1, 0.15) is 87.4 Å². The van der Waals surface area contributed by atoms with Crippen LogP contribution in [-0.2, 0) is 47.4 Å². The molecule has 5 fully saturated rings. The van der Waals surface area contributed by atoms with Crippen molar-refractivity contribution in [2.24, 2.45) is 17.8 Å². The summed E-state index contributed by atoms with van der Waals surface area (Å²) in [6, 6.07) is 10.2. The van der Waals surface area contributed by atoms with Crippen LogP contribution in [0, 0.1) is 17.8 Å². The minimum absolute atomic E-state index is 0.00944. The molecule has 0 unspecified atom stereocenters. The van der Waals surface area contributed by atoms with Gasteiger partial charge >= 0.3 is 28.4 Å². The fourth-order valence-corrected chi connectivity index (χ4v) is 20.0. The van der Waals surface area contributed by atoms with E-state index in [4.69, 9.17) is 47.4 Å². The minimum Gasteiger partial charge on any atom is -0.378 e. The Hall–Kier alpha value is -5.25. The minimum atomic E-state index is -0.310. The Morgan fingerprint density at radius 2 is 0.690 bits per heavy atom. The van der Waals surface area contributed by atoms with Crippen LogP contribution in [-0.4, -0.2) is 231 Å². The Bertz CT molecular complexity index is 4260. The quantitative estimate of drug-likeness (QED) is 0.0327. The second-order valence-electron chi connectivity index (χ2n) is 38.0. The van der Waals surface area contributed by atoms with Gasteiger partial charge in [0.05, 0.1) is 44.7 Å². The first-order valence-electron chi connectivity index (χ1n) is 47.3. The van der Waals surface area contributed by atoms with Crippen LogP contribution in [0.4, 0.5) is 29.1 Å². The molecule has 0 spiro atoms. The van der Waals surface area contributed by atoms with Crippen LogP contribution < -0.4 is 52.9 Å². The molecule has 0 N–H and O–H groups in total. The van der Waals surface area contributed by atoms with Crippen LogP contribution in [0.5, 0.6) is 0 Å². The summed E-state index contributed by atoms with van der Waals surface area (Å²) in [4.78, 5) is 95.3. The lowest BCUT2D eigenvalue weighted by Crippen LogP contribution is -2.54. The maximum absolute atomic E-state index is 12.7. The standard InChI is InChI=1S/3C20H35N3O3S.2C17H29N3O3S/c1-18(2,3)23(19(4,5)6)14-10-11-22(17(24)21-14)15-13-27-16(26-15)12-25-20(7,8)9;1-14(2)9-22(10-15(3)4)17-7-8-23(20(24)21-17)18-13-27-19(26-18)12-25-11-16(5)6;1-4-7-11-22(12-8-5-2)17-10-13-23(20(24)21-17)18-16-27-19(26-18)15-25-14-9-6-3;1-11(2)20(12(3)4)14-7-8-19(17(21)18-14)15-10-24-16(23-15)9-22-13(5)6;1-4-8-19(9-5-2)14-7-10-20(17(21)18-14)15-13-24-16(23-15)12-22-11-6-3/h10-11,15-16H,12-13H2,1-9H3;7-8,14-16,18-19H,9-13H2,1-6H3;10,13,18-19H,4-9,11-12,14-16H2,1-3H3;7-8,11-13,15-16H,9-10H2,1-6H3;7,10,15-16H,4-6,8-9,11-13H2,1-3H3/t15-,16+;2*18-,19+;2*15-,16+/m11111/s1. The first kappa shape index (κ1) is 112. The molecule has 5 aromatic rings. The Labute approximate surface area is 792 Å². The van der Waals surface area contributed by atoms with Crippen LogP contribution in [0.3, 0.4) is 0 Å². The third kappa shape index (κ3) is 38.8. The zero-order chi connectivity index (χ0) is 95.3. The van der Waals surface area contributed by atoms with Crippen molar-refractivity contribution in [2.45, 2.75) is 338 Å². The lowest BCUT2D eigenvalue weighted by atomic mass is 9.96. The summed E-state index contributed by atoms with van der Waals surface area (Å²) in [5, 5.41) is 0. The zero-order valence-corrected chi connectivity index (χ0v) is 87.3. The molecule has 10 heterocycles. The van der Waals surface area contributed by atoms with Gasteiger partial charge in [-0.1, -0.05) is 102 Å². The van der Waals surface area contributed by atoms with E-state index in [-0.39, 0.29) is 122 Å². The molecule has 129 heavy (non-hydrogen) atoms. The van der Waals surface area contributed by atoms with Gasteiger partial charge in [-0.2, -0.15) is 24.9 Å². The van der Waals surface area contributed by atoms with E-state index >= 15 is 0 Å². The molecule has 5 aliphatic rings. The van der Waals surface area contributed by atoms with Gasteiger partial charge in [0.2, 0.25) is 0 Å². The van der Waals surface area contributed by atoms with Gasteiger partial charge in [-0.3, -0.25) is 22.8 Å². The van der Waals surface area contributed by atoms with Crippen LogP contribution in [0.25, 0.3) is 0 Å². The molecule has 0 aromatic carbocycles. The monoisotopic (exact) mass is 1900 g/mol. The molecule has 35 heteroatoms. The van der Waals surface area contributed by atoms with Crippen molar-refractivity contribution < 1.29 is 47.4 Å². The molecule has 0 bridgehead atoms. The van der Waals surface area contributed by atoms with Crippen LogP contribution in [0.15, 0.2) is 85.3 Å². The first-order valence-corrected chi connectivity index (χ1v) is 52.5. The topological polar surface area (TPSA) is 283 Å². The number of hydrogen-bond acceptors (Lipinski definition) is 30. The molecular formula is C94H163N15O15S5. The van der Waals surface area contributed by atoms with Crippen molar-refractivity contribution >= 4 is 87.9 Å². The second-order valence-corrected chi connectivity index (χ2v) is 44.0. The molecule has 0 radical (unpaired) electrons. The van der Waals surface area contributed by atoms with Crippen LogP contribution >= 0.6 is 58.8 Å². The van der Waals surface area contributed by atoms with E-state index in [1.54, 1.807) is 94.0 Å². The number of rotatable bonds is 44. The van der Waals surface area contributed by atoms with Crippen LogP contribution in [0.1, 0.15) is 276 Å². The molecule has 0 aliphatic carbocycles. The van der Waals surface area contributed by atoms with Gasteiger partial charge in [-0.25, -0.2) is 24.0 Å². The summed E-state index contributed by atoms with van der Waals surface area (Å²) in [5.41, 5.74) is -1.94. The normalized spacial score (nSPS) is 20.6. The smallest absolute Gasteiger partial charge is 0.351 e. The van der Waals surface area contributed by atoms with E-state index in [9.17, 15) is 24.0 Å². The predicted octanol–water partition coefficient (Wildman–Crippen LogP) is 17.5. The molecule has 5 aliphatic heterocycles. The van der Waals surface area contributed by atoms with Crippen LogP contribution in [0.2, 0.25) is 0 Å². The van der Waals surface area contributed by atoms with Gasteiger partial charge in [0.25, 0.3) is 0 Å². The molecule has 0 amide bonds. The number of hydrogen-bond donors (Lipinski definition) is 0. The number of nitrogens with zero attached hydrogens (tertiary/aromatic N) is 15. The summed E-state index contributed by atoms with van der Waals surface area (Å²) in [6.07, 6.45) is 17.6. The third-order valence-electron chi connectivity index (χ3n) is 20.4. The van der Waals surface area contributed by atoms with E-state index in [1.807, 2.05) is 83.5 Å². The van der Waals surface area contributed by atoms with E-state index in [0.717, 1.165) is 157 Å². The average Bonchev–Trinajstić information content (AvgIpc) is 1.26. The summed E-state index contributed by atoms with van der Waals surface area (Å²) < 4.78 is 66.0. The van der Waals surface area contributed by atoms with Crippen molar-refractivity contribution in [2.75, 3.05) is 145 Å². The highest BCUT2D eigenvalue weighted by molar-refractivity contribution is 8.00. The molecule has 10 rings (SSSR count). The lowest BCUT2D eigenvalue weighted by molar-refractivity contribution is -0.0684. The summed E-state index contributed by atoms with van der Waals surface area (Å²) in [7, 11) is 0. The zero-order valence-electron chi connectivity index (χ0n) is 83.2. The van der Waals surface area contributed by atoms with Gasteiger partial charge < -0.3 is 71.9 Å². The first-order chi connectivity index (χ1) is 61.1. The Morgan fingerprint density at radius 3 is 1.01 bits per heavy atom. The predicted molar refractivity (Wildman–Crippen MR) is 535 cm³/mol. The highest BCUT2D eigenvalue weighted by atomic mass is 32.2. The van der Waals surface area contributed by atoms with Crippen molar-refractivity contribution in [3.63, 3.8) is 0 Å². The van der Waals surface area contributed by atoms with Crippen molar-refractivity contribution in [3.8, 4) is 0 Å². The van der Waals surface area contributed by atoms with Gasteiger partial charge in [-0.05, 0) is 190 Å². The van der Waals surface area contributed by atoms with E-state index in [2.05, 4.69) is 202 Å². The number of thioether (sulfide) groups is 5. The van der Waals surface area contributed by atoms with Crippen molar-refractivity contribution in [1.82, 2.24) is 47.8 Å². The molecular weight excluding hydrogens is 1740 g/mol. The highest BCUT2D eigenvalue weighted by Gasteiger charge is 2.37. The number of ether oxygens (including phenoxy) is 10. The molecule has 0 saturated carbocycles. The molecule has 734 valence electrons. The molecule has 5 aromatic heterocycles. The van der Waals surface area contributed by atoms with E-state index in [0.29, 0.717) is 68.2 Å². The number of aromatic nitrogens is 10. The maximum atomic E-state index is 12.7. The van der Waals surface area contributed by atoms with Gasteiger partial charge in [0, 0.05) is 142 Å². The van der Waals surface area contributed by atoms with Crippen molar-refractivity contribution in [1.29, 1.82) is 0 Å². The Morgan fingerprint density at radius 1 is 0.372 bits per heavy atom. The lowest BCUT2D eigenvalue weighted by Gasteiger charge is -2.46. The summed E-state index contributed by atoms with van der Waals surface area (Å²) >= 11 is 8.41. The molecule has 30 nitrogen and oxygen atoms in total. The maximum Gasteiger partial charge on any atom is 0.351 e. The van der Waals surface area contributed by atoms with Gasteiger partial charge in [0.15, 0.2) is 0 Å². The Balaban J connectivity index is 0.000000249. The van der Waals surface area contributed by atoms with E-state index in [1.165, 1.54) is 0 Å². The average molecular weight is 1900 g/mol. The van der Waals surface area contributed by atoms with E-state index < -0.39 is 0 Å². The van der Waals surface area contributed by atoms with Crippen molar-refractivity contribution in [3.05, 3.63) is 114 Å².